The Balaban J connectivity index is 2.23. The van der Waals surface area contributed by atoms with Crippen LogP contribution in [0.1, 0.15) is 13.8 Å². The van der Waals surface area contributed by atoms with E-state index < -0.39 is 5.97 Å². The molecule has 0 bridgehead atoms. The van der Waals surface area contributed by atoms with Gasteiger partial charge in [-0.3, -0.25) is 0 Å². The van der Waals surface area contributed by atoms with Crippen LogP contribution in [0.3, 0.4) is 0 Å². The number of benzene rings is 1. The van der Waals surface area contributed by atoms with E-state index in [1.54, 1.807) is 18.7 Å². The second-order valence-electron chi connectivity index (χ2n) is 3.73. The fourth-order valence-electron chi connectivity index (χ4n) is 1.51. The lowest BCUT2D eigenvalue weighted by atomic mass is 10.3. The highest BCUT2D eigenvalue weighted by Crippen LogP contribution is 2.42. The van der Waals surface area contributed by atoms with Crippen LogP contribution >= 0.6 is 23.5 Å². The lowest BCUT2D eigenvalue weighted by molar-refractivity contribution is -0.135. The highest BCUT2D eigenvalue weighted by Gasteiger charge is 2.23. The van der Waals surface area contributed by atoms with Gasteiger partial charge in [0.2, 0.25) is 5.71 Å². The lowest BCUT2D eigenvalue weighted by Gasteiger charge is -2.15. The van der Waals surface area contributed by atoms with Gasteiger partial charge in [-0.2, -0.15) is 0 Å². The van der Waals surface area contributed by atoms with Crippen molar-refractivity contribution in [2.24, 2.45) is 5.16 Å². The summed E-state index contributed by atoms with van der Waals surface area (Å²) in [5.41, 5.74) is 0.223. The van der Waals surface area contributed by atoms with Crippen LogP contribution in [0.25, 0.3) is 0 Å². The molecule has 0 atom stereocenters. The Bertz CT molecular complexity index is 555. The van der Waals surface area contributed by atoms with E-state index >= 15 is 0 Å². The molecule has 20 heavy (non-hydrogen) atoms. The van der Waals surface area contributed by atoms with E-state index in [4.69, 9.17) is 9.57 Å². The van der Waals surface area contributed by atoms with E-state index in [0.717, 1.165) is 9.80 Å². The molecule has 4 nitrogen and oxygen atoms in total. The minimum atomic E-state index is -0.459. The third-order valence-corrected chi connectivity index (χ3v) is 4.70. The Kier molecular flexibility index (Phi) is 5.55. The van der Waals surface area contributed by atoms with Gasteiger partial charge in [-0.15, -0.1) is 0 Å². The summed E-state index contributed by atoms with van der Waals surface area (Å²) in [6.07, 6.45) is 0. The Morgan fingerprint density at radius 1 is 1.20 bits per heavy atom. The molecule has 1 heterocycles. The van der Waals surface area contributed by atoms with Crippen LogP contribution in [0.15, 0.2) is 49.5 Å². The predicted molar refractivity (Wildman–Crippen MR) is 81.9 cm³/mol. The molecule has 0 amide bonds. The zero-order valence-electron chi connectivity index (χ0n) is 11.3. The minimum Gasteiger partial charge on any atom is -0.461 e. The van der Waals surface area contributed by atoms with Gasteiger partial charge in [0.1, 0.15) is 6.61 Å². The summed E-state index contributed by atoms with van der Waals surface area (Å²) in [5.74, 6) is -0.459. The van der Waals surface area contributed by atoms with Gasteiger partial charge in [-0.1, -0.05) is 40.8 Å². The highest BCUT2D eigenvalue weighted by molar-refractivity contribution is 8.09. The molecule has 2 rings (SSSR count). The number of rotatable bonds is 5. The zero-order valence-corrected chi connectivity index (χ0v) is 12.9. The van der Waals surface area contributed by atoms with Gasteiger partial charge < -0.3 is 9.57 Å². The van der Waals surface area contributed by atoms with Crippen molar-refractivity contribution in [2.45, 2.75) is 23.6 Å². The molecule has 1 aromatic carbocycles. The van der Waals surface area contributed by atoms with Crippen LogP contribution in [0.5, 0.6) is 0 Å². The molecule has 1 aromatic rings. The third kappa shape index (κ3) is 3.58. The third-order valence-electron chi connectivity index (χ3n) is 2.35. The van der Waals surface area contributed by atoms with Crippen LogP contribution in [-0.4, -0.2) is 24.9 Å². The van der Waals surface area contributed by atoms with Crippen molar-refractivity contribution in [3.05, 3.63) is 34.6 Å². The Morgan fingerprint density at radius 3 is 2.65 bits per heavy atom. The fraction of sp³-hybridized carbons (Fsp3) is 0.286. The van der Waals surface area contributed by atoms with Crippen molar-refractivity contribution >= 4 is 35.2 Å². The molecule has 0 aromatic heterocycles. The monoisotopic (exact) mass is 309 g/mol. The van der Waals surface area contributed by atoms with Crippen molar-refractivity contribution in [3.8, 4) is 0 Å². The number of fused-ring (bicyclic) bond motifs is 1. The first kappa shape index (κ1) is 15.0. The topological polar surface area (TPSA) is 47.9 Å². The van der Waals surface area contributed by atoms with Crippen LogP contribution in [0.2, 0.25) is 0 Å². The van der Waals surface area contributed by atoms with Gasteiger partial charge in [-0.25, -0.2) is 4.79 Å². The molecule has 0 saturated carbocycles. The number of hydrogen-bond donors (Lipinski definition) is 0. The molecular formula is C14H15NO3S2. The molecule has 0 saturated heterocycles. The molecule has 0 spiro atoms. The van der Waals surface area contributed by atoms with E-state index in [-0.39, 0.29) is 5.71 Å². The molecule has 106 valence electrons. The van der Waals surface area contributed by atoms with Crippen LogP contribution in [-0.2, 0) is 14.4 Å². The Hall–Kier alpha value is -1.40. The first-order valence-electron chi connectivity index (χ1n) is 6.27. The summed E-state index contributed by atoms with van der Waals surface area (Å²) < 4.78 is 5.03. The molecule has 0 N–H and O–H groups in total. The van der Waals surface area contributed by atoms with E-state index in [1.165, 1.54) is 16.7 Å². The number of oxime groups is 1. The van der Waals surface area contributed by atoms with E-state index in [1.807, 2.05) is 36.6 Å². The van der Waals surface area contributed by atoms with Crippen molar-refractivity contribution < 1.29 is 14.4 Å². The molecule has 6 heteroatoms. The average Bonchev–Trinajstić information content (AvgIpc) is 2.48. The van der Waals surface area contributed by atoms with E-state index in [9.17, 15) is 4.79 Å². The average molecular weight is 309 g/mol. The number of ether oxygens (including phenoxy) is 1. The standard InChI is InChI=1S/C14H15NO3S2/c1-3-17-14(16)13(15-18-4-2)12-9-19-10-7-5-6-8-11(10)20-12/h5-9H,3-4H2,1-2H3/b15-13+. The minimum absolute atomic E-state index is 0.223. The first-order chi connectivity index (χ1) is 9.76. The summed E-state index contributed by atoms with van der Waals surface area (Å²) in [6, 6.07) is 8.03. The summed E-state index contributed by atoms with van der Waals surface area (Å²) in [6.45, 7) is 4.30. The Morgan fingerprint density at radius 2 is 1.95 bits per heavy atom. The molecule has 1 aliphatic heterocycles. The van der Waals surface area contributed by atoms with E-state index in [0.29, 0.717) is 13.2 Å². The normalized spacial score (nSPS) is 14.3. The van der Waals surface area contributed by atoms with Crippen molar-refractivity contribution in [1.29, 1.82) is 0 Å². The molecule has 1 aliphatic rings. The van der Waals surface area contributed by atoms with Crippen LogP contribution < -0.4 is 0 Å². The number of hydrogen-bond acceptors (Lipinski definition) is 6. The quantitative estimate of drug-likeness (QED) is 0.472. The van der Waals surface area contributed by atoms with Crippen molar-refractivity contribution in [2.75, 3.05) is 13.2 Å². The fourth-order valence-corrected chi connectivity index (χ4v) is 3.57. The van der Waals surface area contributed by atoms with Gasteiger partial charge in [0.05, 0.1) is 11.5 Å². The van der Waals surface area contributed by atoms with Gasteiger partial charge >= 0.3 is 5.97 Å². The maximum Gasteiger partial charge on any atom is 0.361 e. The molecule has 0 unspecified atom stereocenters. The maximum atomic E-state index is 12.0. The van der Waals surface area contributed by atoms with Gasteiger partial charge in [0.15, 0.2) is 0 Å². The highest BCUT2D eigenvalue weighted by atomic mass is 32.2. The lowest BCUT2D eigenvalue weighted by Crippen LogP contribution is -2.19. The van der Waals surface area contributed by atoms with Gasteiger partial charge in [0, 0.05) is 9.79 Å². The first-order valence-corrected chi connectivity index (χ1v) is 7.97. The van der Waals surface area contributed by atoms with Gasteiger partial charge in [0.25, 0.3) is 0 Å². The van der Waals surface area contributed by atoms with E-state index in [2.05, 4.69) is 5.16 Å². The maximum absolute atomic E-state index is 12.0. The summed E-state index contributed by atoms with van der Waals surface area (Å²) >= 11 is 3.07. The van der Waals surface area contributed by atoms with Crippen molar-refractivity contribution in [3.63, 3.8) is 0 Å². The number of esters is 1. The number of thioether (sulfide) groups is 2. The second kappa shape index (κ2) is 7.40. The smallest absolute Gasteiger partial charge is 0.361 e. The Labute approximate surface area is 126 Å². The molecule has 0 fully saturated rings. The zero-order chi connectivity index (χ0) is 14.4. The van der Waals surface area contributed by atoms with Gasteiger partial charge in [-0.05, 0) is 31.4 Å². The SMILES string of the molecule is CCO/N=C(/C(=O)OCC)C1=CSc2ccccc2S1. The summed E-state index contributed by atoms with van der Waals surface area (Å²) in [4.78, 5) is 20.0. The number of carbonyl (C=O) groups is 1. The van der Waals surface area contributed by atoms with Crippen LogP contribution in [0.4, 0.5) is 0 Å². The molecule has 0 radical (unpaired) electrons. The predicted octanol–water partition coefficient (Wildman–Crippen LogP) is 3.68. The molecule has 0 aliphatic carbocycles. The number of carbonyl (C=O) groups excluding carboxylic acids is 1. The number of nitrogens with zero attached hydrogens (tertiary/aromatic N) is 1. The molecular weight excluding hydrogens is 294 g/mol. The second-order valence-corrected chi connectivity index (χ2v) is 5.72. The van der Waals surface area contributed by atoms with Crippen molar-refractivity contribution in [1.82, 2.24) is 0 Å². The summed E-state index contributed by atoms with van der Waals surface area (Å²) in [7, 11) is 0. The van der Waals surface area contributed by atoms with Crippen LogP contribution in [0, 0.1) is 0 Å². The largest absolute Gasteiger partial charge is 0.461 e. The summed E-state index contributed by atoms with van der Waals surface area (Å²) in [5, 5.41) is 5.80.